The molecule has 0 amide bonds. The van der Waals surface area contributed by atoms with Gasteiger partial charge >= 0.3 is 11.9 Å². The number of esters is 2. The maximum absolute atomic E-state index is 12.9. The molecule has 9 heteroatoms. The molecule has 312 valence electrons. The average Bonchev–Trinajstić information content (AvgIpc) is 3.12. The summed E-state index contributed by atoms with van der Waals surface area (Å²) in [5, 5.41) is 9.06. The Balaban J connectivity index is 4.69. The molecule has 0 fully saturated rings. The molecule has 0 bridgehead atoms. The summed E-state index contributed by atoms with van der Waals surface area (Å²) in [4.78, 5) is 25.6. The van der Waals surface area contributed by atoms with E-state index in [1.54, 1.807) is 0 Å². The largest absolute Gasteiger partial charge is 0.462 e. The molecule has 53 heavy (non-hydrogen) atoms. The SMILES string of the molecule is CCCCCCCCCCCCCCCC(=O)OC[C@H](COP(OCCC#N)N(C(C)C)C(C)C)OC(=O)CCCCCCCCCCCCCCC. The summed E-state index contributed by atoms with van der Waals surface area (Å²) in [6, 6.07) is 2.43. The molecule has 0 rings (SSSR count). The Morgan fingerprint density at radius 3 is 1.30 bits per heavy atom. The fourth-order valence-electron chi connectivity index (χ4n) is 6.65. The molecule has 0 N–H and O–H groups in total. The van der Waals surface area contributed by atoms with Crippen LogP contribution in [0.3, 0.4) is 0 Å². The Bertz CT molecular complexity index is 859. The number of carbonyl (C=O) groups is 2. The van der Waals surface area contributed by atoms with Crippen LogP contribution >= 0.6 is 8.53 Å². The number of rotatable bonds is 40. The third-order valence-corrected chi connectivity index (χ3v) is 11.8. The molecule has 0 saturated heterocycles. The van der Waals surface area contributed by atoms with Crippen LogP contribution in [-0.2, 0) is 28.1 Å². The molecule has 0 aliphatic carbocycles. The topological polar surface area (TPSA) is 98.1 Å². The van der Waals surface area contributed by atoms with Crippen molar-refractivity contribution in [2.75, 3.05) is 19.8 Å². The summed E-state index contributed by atoms with van der Waals surface area (Å²) in [7, 11) is -1.50. The molecule has 0 aromatic rings. The normalized spacial score (nSPS) is 12.8. The molecule has 0 saturated carbocycles. The van der Waals surface area contributed by atoms with Gasteiger partial charge in [0.2, 0.25) is 0 Å². The smallest absolute Gasteiger partial charge is 0.306 e. The minimum atomic E-state index is -1.50. The summed E-state index contributed by atoms with van der Waals surface area (Å²) in [6.07, 6.45) is 32.8. The zero-order chi connectivity index (χ0) is 39.2. The first kappa shape index (κ1) is 51.7. The van der Waals surface area contributed by atoms with Crippen molar-refractivity contribution in [2.45, 2.75) is 246 Å². The number of nitrogens with zero attached hydrogens (tertiary/aromatic N) is 2. The van der Waals surface area contributed by atoms with E-state index in [1.807, 2.05) is 0 Å². The van der Waals surface area contributed by atoms with Crippen LogP contribution in [0.25, 0.3) is 0 Å². The molecule has 0 aromatic carbocycles. The van der Waals surface area contributed by atoms with Crippen molar-refractivity contribution in [3.05, 3.63) is 0 Å². The fourth-order valence-corrected chi connectivity index (χ4v) is 8.29. The number of nitriles is 1. The molecular weight excluding hydrogens is 683 g/mol. The zero-order valence-electron chi connectivity index (χ0n) is 35.7. The summed E-state index contributed by atoms with van der Waals surface area (Å²) < 4.78 is 25.9. The van der Waals surface area contributed by atoms with Crippen LogP contribution in [0, 0.1) is 11.3 Å². The minimum Gasteiger partial charge on any atom is -0.462 e. The van der Waals surface area contributed by atoms with E-state index in [0.717, 1.165) is 38.5 Å². The number of ether oxygens (including phenoxy) is 2. The van der Waals surface area contributed by atoms with Crippen LogP contribution in [0.4, 0.5) is 0 Å². The van der Waals surface area contributed by atoms with Gasteiger partial charge in [0, 0.05) is 24.9 Å². The lowest BCUT2D eigenvalue weighted by Crippen LogP contribution is -2.35. The van der Waals surface area contributed by atoms with Crippen molar-refractivity contribution >= 4 is 20.5 Å². The Morgan fingerprint density at radius 2 is 0.925 bits per heavy atom. The maximum atomic E-state index is 12.9. The number of unbranched alkanes of at least 4 members (excludes halogenated alkanes) is 24. The lowest BCUT2D eigenvalue weighted by Gasteiger charge is -2.36. The van der Waals surface area contributed by atoms with E-state index in [-0.39, 0.29) is 50.3 Å². The second kappa shape index (κ2) is 39.0. The summed E-state index contributed by atoms with van der Waals surface area (Å²) in [6.45, 7) is 13.1. The molecule has 0 aliphatic heterocycles. The predicted octanol–water partition coefficient (Wildman–Crippen LogP) is 13.7. The van der Waals surface area contributed by atoms with E-state index < -0.39 is 14.6 Å². The highest BCUT2D eigenvalue weighted by Crippen LogP contribution is 2.46. The summed E-state index contributed by atoms with van der Waals surface area (Å²) >= 11 is 0. The van der Waals surface area contributed by atoms with Crippen LogP contribution in [0.2, 0.25) is 0 Å². The van der Waals surface area contributed by atoms with E-state index >= 15 is 0 Å². The Hall–Kier alpha value is -1.26. The van der Waals surface area contributed by atoms with Gasteiger partial charge in [0.1, 0.15) is 6.61 Å². The second-order valence-corrected chi connectivity index (χ2v) is 17.1. The first-order valence-corrected chi connectivity index (χ1v) is 23.5. The predicted molar refractivity (Wildman–Crippen MR) is 223 cm³/mol. The molecular formula is C44H85N2O6P. The fraction of sp³-hybridized carbons (Fsp3) is 0.932. The van der Waals surface area contributed by atoms with Crippen LogP contribution in [0.1, 0.15) is 228 Å². The van der Waals surface area contributed by atoms with Gasteiger partial charge in [-0.05, 0) is 40.5 Å². The van der Waals surface area contributed by atoms with Gasteiger partial charge in [-0.15, -0.1) is 0 Å². The molecule has 1 unspecified atom stereocenters. The highest BCUT2D eigenvalue weighted by atomic mass is 31.2. The molecule has 0 heterocycles. The van der Waals surface area contributed by atoms with Crippen LogP contribution in [-0.4, -0.2) is 54.6 Å². The van der Waals surface area contributed by atoms with Crippen LogP contribution < -0.4 is 0 Å². The van der Waals surface area contributed by atoms with Gasteiger partial charge < -0.3 is 18.5 Å². The highest BCUT2D eigenvalue weighted by Gasteiger charge is 2.29. The standard InChI is InChI=1S/C44H85N2O6P/c1-7-9-11-13-15-17-19-21-23-25-27-29-31-34-43(47)49-38-42(39-51-53(50-37-33-36-45)46(40(3)4)41(5)6)52-44(48)35-32-30-28-26-24-22-20-18-16-14-12-10-8-2/h40-42H,7-35,37-39H2,1-6H3/t42-,53?/m1/s1. The lowest BCUT2D eigenvalue weighted by molar-refractivity contribution is -0.161. The van der Waals surface area contributed by atoms with Gasteiger partial charge in [-0.3, -0.25) is 9.59 Å². The third-order valence-electron chi connectivity index (χ3n) is 9.73. The van der Waals surface area contributed by atoms with Crippen molar-refractivity contribution in [3.8, 4) is 6.07 Å². The van der Waals surface area contributed by atoms with E-state index in [1.165, 1.54) is 128 Å². The Labute approximate surface area is 329 Å². The van der Waals surface area contributed by atoms with Gasteiger partial charge in [0.15, 0.2) is 6.10 Å². The van der Waals surface area contributed by atoms with Gasteiger partial charge in [0.05, 0.1) is 25.7 Å². The van der Waals surface area contributed by atoms with Crippen molar-refractivity contribution < 1.29 is 28.1 Å². The number of hydrogen-bond acceptors (Lipinski definition) is 8. The molecule has 8 nitrogen and oxygen atoms in total. The average molecular weight is 769 g/mol. The van der Waals surface area contributed by atoms with E-state index in [9.17, 15) is 9.59 Å². The molecule has 0 aliphatic rings. The van der Waals surface area contributed by atoms with Gasteiger partial charge in [-0.2, -0.15) is 5.26 Å². The van der Waals surface area contributed by atoms with Crippen molar-refractivity contribution in [2.24, 2.45) is 0 Å². The highest BCUT2D eigenvalue weighted by molar-refractivity contribution is 7.44. The summed E-state index contributed by atoms with van der Waals surface area (Å²) in [5.41, 5.74) is 0. The third kappa shape index (κ3) is 33.8. The van der Waals surface area contributed by atoms with Gasteiger partial charge in [-0.1, -0.05) is 168 Å². The maximum Gasteiger partial charge on any atom is 0.306 e. The molecule has 0 aromatic heterocycles. The molecule has 0 spiro atoms. The van der Waals surface area contributed by atoms with Crippen molar-refractivity contribution in [1.29, 1.82) is 5.26 Å². The lowest BCUT2D eigenvalue weighted by atomic mass is 10.0. The quantitative estimate of drug-likeness (QED) is 0.0345. The van der Waals surface area contributed by atoms with Crippen molar-refractivity contribution in [3.63, 3.8) is 0 Å². The Morgan fingerprint density at radius 1 is 0.547 bits per heavy atom. The first-order valence-electron chi connectivity index (χ1n) is 22.3. The first-order chi connectivity index (χ1) is 25.8. The summed E-state index contributed by atoms with van der Waals surface area (Å²) in [5.74, 6) is -0.544. The second-order valence-electron chi connectivity index (χ2n) is 15.6. The van der Waals surface area contributed by atoms with E-state index in [4.69, 9.17) is 23.8 Å². The minimum absolute atomic E-state index is 0.0354. The zero-order valence-corrected chi connectivity index (χ0v) is 36.5. The van der Waals surface area contributed by atoms with Crippen LogP contribution in [0.5, 0.6) is 0 Å². The van der Waals surface area contributed by atoms with Crippen molar-refractivity contribution in [1.82, 2.24) is 4.67 Å². The molecule has 2 atom stereocenters. The van der Waals surface area contributed by atoms with Gasteiger partial charge in [-0.25, -0.2) is 4.67 Å². The van der Waals surface area contributed by atoms with Crippen LogP contribution in [0.15, 0.2) is 0 Å². The number of carbonyl (C=O) groups excluding carboxylic acids is 2. The van der Waals surface area contributed by atoms with E-state index in [0.29, 0.717) is 12.8 Å². The Kier molecular flexibility index (Phi) is 38.1. The monoisotopic (exact) mass is 769 g/mol. The molecule has 0 radical (unpaired) electrons. The van der Waals surface area contributed by atoms with E-state index in [2.05, 4.69) is 52.3 Å². The van der Waals surface area contributed by atoms with Gasteiger partial charge in [0.25, 0.3) is 8.53 Å². The number of hydrogen-bond donors (Lipinski definition) is 0.